The van der Waals surface area contributed by atoms with Gasteiger partial charge in [-0.2, -0.15) is 0 Å². The van der Waals surface area contributed by atoms with Crippen molar-refractivity contribution in [3.63, 3.8) is 0 Å². The third-order valence-electron chi connectivity index (χ3n) is 4.26. The van der Waals surface area contributed by atoms with E-state index in [-0.39, 0.29) is 11.8 Å². The molecule has 26 heavy (non-hydrogen) atoms. The second kappa shape index (κ2) is 7.00. The number of aryl methyl sites for hydroxylation is 1. The molecule has 0 saturated carbocycles. The first-order valence-corrected chi connectivity index (χ1v) is 8.45. The molecule has 0 aliphatic heterocycles. The number of carbonyl (C=O) groups is 2. The number of imidazole rings is 1. The summed E-state index contributed by atoms with van der Waals surface area (Å²) in [7, 11) is 3.33. The highest BCUT2D eigenvalue weighted by Gasteiger charge is 2.19. The van der Waals surface area contributed by atoms with E-state index in [1.807, 2.05) is 43.3 Å². The molecular formula is C20H22N4O2. The minimum Gasteiger partial charge on any atom is -0.347 e. The van der Waals surface area contributed by atoms with Crippen molar-refractivity contribution < 1.29 is 9.59 Å². The van der Waals surface area contributed by atoms with Crippen LogP contribution in [0.15, 0.2) is 48.5 Å². The summed E-state index contributed by atoms with van der Waals surface area (Å²) in [5.74, 6) is 0.407. The molecule has 3 rings (SSSR count). The van der Waals surface area contributed by atoms with E-state index in [2.05, 4.69) is 14.9 Å². The average Bonchev–Trinajstić information content (AvgIpc) is 2.96. The van der Waals surface area contributed by atoms with E-state index in [0.29, 0.717) is 5.56 Å². The van der Waals surface area contributed by atoms with Gasteiger partial charge in [0.05, 0.1) is 11.0 Å². The molecule has 2 aromatic carbocycles. The number of amides is 2. The van der Waals surface area contributed by atoms with Crippen molar-refractivity contribution in [2.75, 3.05) is 14.1 Å². The number of rotatable bonds is 4. The van der Waals surface area contributed by atoms with Gasteiger partial charge in [-0.3, -0.25) is 14.2 Å². The Morgan fingerprint density at radius 3 is 2.46 bits per heavy atom. The van der Waals surface area contributed by atoms with Crippen molar-refractivity contribution in [3.05, 3.63) is 59.9 Å². The van der Waals surface area contributed by atoms with Crippen LogP contribution in [0.2, 0.25) is 0 Å². The van der Waals surface area contributed by atoms with Crippen molar-refractivity contribution >= 4 is 22.8 Å². The van der Waals surface area contributed by atoms with Crippen molar-refractivity contribution in [1.82, 2.24) is 19.8 Å². The summed E-state index contributed by atoms with van der Waals surface area (Å²) >= 11 is 0. The largest absolute Gasteiger partial charge is 0.347 e. The minimum atomic E-state index is -0.586. The Morgan fingerprint density at radius 2 is 1.81 bits per heavy atom. The number of hydrogen-bond acceptors (Lipinski definition) is 3. The Hall–Kier alpha value is -3.15. The second-order valence-corrected chi connectivity index (χ2v) is 6.46. The first-order valence-electron chi connectivity index (χ1n) is 8.45. The molecule has 0 spiro atoms. The van der Waals surface area contributed by atoms with Crippen molar-refractivity contribution in [1.29, 1.82) is 0 Å². The predicted molar refractivity (Wildman–Crippen MR) is 101 cm³/mol. The Bertz CT molecular complexity index is 961. The lowest BCUT2D eigenvalue weighted by Gasteiger charge is -2.18. The summed E-state index contributed by atoms with van der Waals surface area (Å²) in [6, 6.07) is 14.8. The van der Waals surface area contributed by atoms with Crippen LogP contribution in [0.1, 0.15) is 23.1 Å². The number of benzene rings is 2. The lowest BCUT2D eigenvalue weighted by atomic mass is 10.1. The SMILES string of the molecule is Cc1nc2cc(C(=O)NC(C)C(=O)N(C)C)ccc2n1-c1ccccc1. The molecule has 0 saturated heterocycles. The maximum atomic E-state index is 12.5. The van der Waals surface area contributed by atoms with Gasteiger partial charge in [-0.25, -0.2) is 4.98 Å². The van der Waals surface area contributed by atoms with E-state index in [0.717, 1.165) is 22.5 Å². The van der Waals surface area contributed by atoms with Crippen molar-refractivity contribution in [2.24, 2.45) is 0 Å². The van der Waals surface area contributed by atoms with Gasteiger partial charge < -0.3 is 10.2 Å². The van der Waals surface area contributed by atoms with Gasteiger partial charge in [0.1, 0.15) is 11.9 Å². The van der Waals surface area contributed by atoms with Gasteiger partial charge in [0.15, 0.2) is 0 Å². The number of likely N-dealkylation sites (N-methyl/N-ethyl adjacent to an activating group) is 1. The third-order valence-corrected chi connectivity index (χ3v) is 4.26. The molecule has 1 aromatic heterocycles. The van der Waals surface area contributed by atoms with E-state index >= 15 is 0 Å². The van der Waals surface area contributed by atoms with Gasteiger partial charge >= 0.3 is 0 Å². The van der Waals surface area contributed by atoms with Crippen LogP contribution >= 0.6 is 0 Å². The fourth-order valence-electron chi connectivity index (χ4n) is 2.97. The molecule has 0 radical (unpaired) electrons. The number of hydrogen-bond donors (Lipinski definition) is 1. The summed E-state index contributed by atoms with van der Waals surface area (Å²) in [6.45, 7) is 3.61. The van der Waals surface area contributed by atoms with Crippen molar-refractivity contribution in [2.45, 2.75) is 19.9 Å². The lowest BCUT2D eigenvalue weighted by Crippen LogP contribution is -2.44. The van der Waals surface area contributed by atoms with Crippen LogP contribution < -0.4 is 5.32 Å². The summed E-state index contributed by atoms with van der Waals surface area (Å²) in [5, 5.41) is 2.73. The standard InChI is InChI=1S/C20H22N4O2/c1-13(20(26)23(3)4)21-19(25)15-10-11-18-17(12-15)22-14(2)24(18)16-8-6-5-7-9-16/h5-13H,1-4H3,(H,21,25). The van der Waals surface area contributed by atoms with Crippen LogP contribution in [0, 0.1) is 6.92 Å². The molecular weight excluding hydrogens is 328 g/mol. The van der Waals surface area contributed by atoms with E-state index in [1.165, 1.54) is 4.90 Å². The van der Waals surface area contributed by atoms with Crippen LogP contribution in [0.3, 0.4) is 0 Å². The molecule has 1 unspecified atom stereocenters. The summed E-state index contributed by atoms with van der Waals surface area (Å²) < 4.78 is 2.05. The molecule has 2 amide bonds. The van der Waals surface area contributed by atoms with Gasteiger partial charge in [0.2, 0.25) is 5.91 Å². The number of nitrogens with zero attached hydrogens (tertiary/aromatic N) is 3. The van der Waals surface area contributed by atoms with Crippen LogP contribution in [-0.4, -0.2) is 46.4 Å². The number of nitrogens with one attached hydrogen (secondary N) is 1. The van der Waals surface area contributed by atoms with Crippen LogP contribution in [0.25, 0.3) is 16.7 Å². The summed E-state index contributed by atoms with van der Waals surface area (Å²) in [6.07, 6.45) is 0. The van der Waals surface area contributed by atoms with Gasteiger partial charge in [0.25, 0.3) is 5.91 Å². The lowest BCUT2D eigenvalue weighted by molar-refractivity contribution is -0.130. The first-order chi connectivity index (χ1) is 12.4. The molecule has 1 atom stereocenters. The van der Waals surface area contributed by atoms with E-state index in [1.54, 1.807) is 33.2 Å². The fourth-order valence-corrected chi connectivity index (χ4v) is 2.97. The van der Waals surface area contributed by atoms with Gasteiger partial charge in [0, 0.05) is 25.3 Å². The molecule has 0 fully saturated rings. The smallest absolute Gasteiger partial charge is 0.251 e. The van der Waals surface area contributed by atoms with Crippen LogP contribution in [0.5, 0.6) is 0 Å². The Balaban J connectivity index is 1.91. The van der Waals surface area contributed by atoms with Gasteiger partial charge in [-0.15, -0.1) is 0 Å². The summed E-state index contributed by atoms with van der Waals surface area (Å²) in [5.41, 5.74) is 3.18. The topological polar surface area (TPSA) is 67.2 Å². The highest BCUT2D eigenvalue weighted by Crippen LogP contribution is 2.22. The minimum absolute atomic E-state index is 0.149. The highest BCUT2D eigenvalue weighted by atomic mass is 16.2. The molecule has 0 aliphatic rings. The molecule has 0 aliphatic carbocycles. The first kappa shape index (κ1) is 17.7. The zero-order chi connectivity index (χ0) is 18.8. The van der Waals surface area contributed by atoms with E-state index in [4.69, 9.17) is 0 Å². The molecule has 1 heterocycles. The van der Waals surface area contributed by atoms with E-state index < -0.39 is 6.04 Å². The molecule has 1 N–H and O–H groups in total. The van der Waals surface area contributed by atoms with Gasteiger partial charge in [-0.05, 0) is 44.2 Å². The molecule has 134 valence electrons. The molecule has 3 aromatic rings. The maximum Gasteiger partial charge on any atom is 0.251 e. The molecule has 0 bridgehead atoms. The zero-order valence-corrected chi connectivity index (χ0v) is 15.4. The van der Waals surface area contributed by atoms with Crippen LogP contribution in [-0.2, 0) is 4.79 Å². The average molecular weight is 350 g/mol. The zero-order valence-electron chi connectivity index (χ0n) is 15.4. The normalized spacial score (nSPS) is 12.0. The van der Waals surface area contributed by atoms with Crippen molar-refractivity contribution in [3.8, 4) is 5.69 Å². The number of fused-ring (bicyclic) bond motifs is 1. The Labute approximate surface area is 152 Å². The highest BCUT2D eigenvalue weighted by molar-refractivity contribution is 5.99. The number of para-hydroxylation sites is 1. The Kier molecular flexibility index (Phi) is 4.75. The van der Waals surface area contributed by atoms with E-state index in [9.17, 15) is 9.59 Å². The quantitative estimate of drug-likeness (QED) is 0.786. The molecule has 6 heteroatoms. The molecule has 6 nitrogen and oxygen atoms in total. The fraction of sp³-hybridized carbons (Fsp3) is 0.250. The maximum absolute atomic E-state index is 12.5. The third kappa shape index (κ3) is 3.31. The monoisotopic (exact) mass is 350 g/mol. The van der Waals surface area contributed by atoms with Crippen LogP contribution in [0.4, 0.5) is 0 Å². The number of carbonyl (C=O) groups excluding carboxylic acids is 2. The second-order valence-electron chi connectivity index (χ2n) is 6.46. The summed E-state index contributed by atoms with van der Waals surface area (Å²) in [4.78, 5) is 30.4. The number of aromatic nitrogens is 2. The predicted octanol–water partition coefficient (Wildman–Crippen LogP) is 2.54. The van der Waals surface area contributed by atoms with Gasteiger partial charge in [-0.1, -0.05) is 18.2 Å². The Morgan fingerprint density at radius 1 is 1.12 bits per heavy atom.